The molecule has 0 spiro atoms. The van der Waals surface area contributed by atoms with Crippen LogP contribution in [-0.2, 0) is 12.8 Å². The average molecular weight is 403 g/mol. The summed E-state index contributed by atoms with van der Waals surface area (Å²) in [7, 11) is 4.75. The second-order valence-electron chi connectivity index (χ2n) is 5.58. The van der Waals surface area contributed by atoms with E-state index in [1.807, 2.05) is 7.05 Å². The lowest BCUT2D eigenvalue weighted by Crippen LogP contribution is -2.15. The molecule has 0 radical (unpaired) electrons. The molecule has 10 heteroatoms. The van der Waals surface area contributed by atoms with Gasteiger partial charge in [-0.3, -0.25) is 4.79 Å². The van der Waals surface area contributed by atoms with Crippen molar-refractivity contribution >= 4 is 17.7 Å². The topological polar surface area (TPSA) is 106 Å². The number of methoxy groups -OCH3 is 2. The van der Waals surface area contributed by atoms with E-state index in [2.05, 4.69) is 10.2 Å². The summed E-state index contributed by atoms with van der Waals surface area (Å²) in [5.74, 6) is 0.706. The molecular formula is C18H17N3O6S. The molecule has 0 saturated carbocycles. The van der Waals surface area contributed by atoms with Gasteiger partial charge in [-0.05, 0) is 12.1 Å². The molecule has 0 unspecified atom stereocenters. The van der Waals surface area contributed by atoms with Crippen LogP contribution >= 0.6 is 11.8 Å². The van der Waals surface area contributed by atoms with Crippen LogP contribution in [0.3, 0.4) is 0 Å². The van der Waals surface area contributed by atoms with Crippen molar-refractivity contribution in [2.75, 3.05) is 14.2 Å². The largest absolute Gasteiger partial charge is 0.497 e. The van der Waals surface area contributed by atoms with Crippen LogP contribution in [0.15, 0.2) is 51.2 Å². The van der Waals surface area contributed by atoms with Gasteiger partial charge < -0.3 is 23.2 Å². The Hall–Kier alpha value is -3.27. The molecule has 2 heterocycles. The molecule has 0 aliphatic heterocycles. The molecule has 0 amide bonds. The van der Waals surface area contributed by atoms with Crippen molar-refractivity contribution in [1.82, 2.24) is 14.8 Å². The van der Waals surface area contributed by atoms with Crippen LogP contribution in [0.4, 0.5) is 0 Å². The van der Waals surface area contributed by atoms with E-state index in [1.165, 1.54) is 44.2 Å². The van der Waals surface area contributed by atoms with Gasteiger partial charge in [0.25, 0.3) is 0 Å². The predicted octanol–water partition coefficient (Wildman–Crippen LogP) is 2.30. The van der Waals surface area contributed by atoms with Crippen molar-refractivity contribution in [2.24, 2.45) is 7.05 Å². The number of hydrogen-bond acceptors (Lipinski definition) is 9. The highest BCUT2D eigenvalue weighted by atomic mass is 32.2. The van der Waals surface area contributed by atoms with Gasteiger partial charge in [-0.1, -0.05) is 11.8 Å². The quantitative estimate of drug-likeness (QED) is 0.434. The van der Waals surface area contributed by atoms with Crippen molar-refractivity contribution in [3.63, 3.8) is 0 Å². The molecule has 28 heavy (non-hydrogen) atoms. The number of rotatable bonds is 7. The van der Waals surface area contributed by atoms with Crippen LogP contribution in [0.5, 0.6) is 17.2 Å². The van der Waals surface area contributed by atoms with E-state index in [-0.39, 0.29) is 11.3 Å². The summed E-state index contributed by atoms with van der Waals surface area (Å²) in [6, 6.07) is 5.86. The molecule has 0 fully saturated rings. The first-order valence-corrected chi connectivity index (χ1v) is 9.02. The zero-order chi connectivity index (χ0) is 20.1. The van der Waals surface area contributed by atoms with Gasteiger partial charge in [0.15, 0.2) is 5.16 Å². The third-order valence-electron chi connectivity index (χ3n) is 3.66. The lowest BCUT2D eigenvalue weighted by atomic mass is 10.2. The summed E-state index contributed by atoms with van der Waals surface area (Å²) in [6.07, 6.45) is 2.69. The first kappa shape index (κ1) is 19.5. The van der Waals surface area contributed by atoms with Gasteiger partial charge in [-0.25, -0.2) is 4.79 Å². The molecule has 0 aliphatic rings. The average Bonchev–Trinajstić information content (AvgIpc) is 3.12. The fourth-order valence-electron chi connectivity index (χ4n) is 2.21. The smallest absolute Gasteiger partial charge is 0.344 e. The summed E-state index contributed by atoms with van der Waals surface area (Å²) in [5.41, 5.74) is -0.291. The molecule has 1 aromatic carbocycles. The molecule has 146 valence electrons. The zero-order valence-electron chi connectivity index (χ0n) is 15.4. The predicted molar refractivity (Wildman–Crippen MR) is 100 cm³/mol. The Morgan fingerprint density at radius 3 is 2.46 bits per heavy atom. The molecule has 0 N–H and O–H groups in total. The molecule has 3 aromatic rings. The zero-order valence-corrected chi connectivity index (χ0v) is 16.2. The van der Waals surface area contributed by atoms with Crippen molar-refractivity contribution in [2.45, 2.75) is 10.9 Å². The lowest BCUT2D eigenvalue weighted by Gasteiger charge is -2.08. The van der Waals surface area contributed by atoms with Gasteiger partial charge >= 0.3 is 5.97 Å². The summed E-state index contributed by atoms with van der Waals surface area (Å²) in [5, 5.41) is 8.40. The van der Waals surface area contributed by atoms with Gasteiger partial charge in [0.2, 0.25) is 11.2 Å². The van der Waals surface area contributed by atoms with Gasteiger partial charge in [-0.2, -0.15) is 0 Å². The van der Waals surface area contributed by atoms with Crippen molar-refractivity contribution in [1.29, 1.82) is 0 Å². The van der Waals surface area contributed by atoms with Crippen LogP contribution in [0.2, 0.25) is 0 Å². The van der Waals surface area contributed by atoms with E-state index in [9.17, 15) is 9.59 Å². The first-order chi connectivity index (χ1) is 13.5. The summed E-state index contributed by atoms with van der Waals surface area (Å²) >= 11 is 1.36. The van der Waals surface area contributed by atoms with E-state index in [1.54, 1.807) is 17.0 Å². The molecule has 0 atom stereocenters. The summed E-state index contributed by atoms with van der Waals surface area (Å²) in [6.45, 7) is 0. The third kappa shape index (κ3) is 4.52. The fraction of sp³-hybridized carbons (Fsp3) is 0.222. The number of aryl methyl sites for hydroxylation is 1. The van der Waals surface area contributed by atoms with Crippen LogP contribution < -0.4 is 19.6 Å². The van der Waals surface area contributed by atoms with Crippen molar-refractivity contribution < 1.29 is 23.4 Å². The Kier molecular flexibility index (Phi) is 5.99. The highest BCUT2D eigenvalue weighted by Gasteiger charge is 2.15. The Morgan fingerprint density at radius 1 is 1.18 bits per heavy atom. The second kappa shape index (κ2) is 8.61. The number of aromatic nitrogens is 3. The number of ether oxygens (including phenoxy) is 3. The minimum atomic E-state index is -0.731. The normalized spacial score (nSPS) is 10.5. The number of carbonyl (C=O) groups excluding carboxylic acids is 1. The molecule has 0 bridgehead atoms. The minimum absolute atomic E-state index is 0.178. The van der Waals surface area contributed by atoms with E-state index in [0.717, 1.165) is 6.26 Å². The number of nitrogens with zero attached hydrogens (tertiary/aromatic N) is 3. The van der Waals surface area contributed by atoms with Gasteiger partial charge in [0.05, 0.1) is 25.5 Å². The molecule has 0 aliphatic carbocycles. The van der Waals surface area contributed by atoms with Gasteiger partial charge in [0.1, 0.15) is 29.8 Å². The number of carbonyl (C=O) groups is 1. The fourth-order valence-corrected chi connectivity index (χ4v) is 2.99. The minimum Gasteiger partial charge on any atom is -0.497 e. The number of thioether (sulfide) groups is 1. The van der Waals surface area contributed by atoms with Crippen molar-refractivity contribution in [3.8, 4) is 17.2 Å². The maximum atomic E-state index is 12.4. The van der Waals surface area contributed by atoms with Crippen molar-refractivity contribution in [3.05, 3.63) is 58.4 Å². The Labute approximate surface area is 164 Å². The highest BCUT2D eigenvalue weighted by molar-refractivity contribution is 7.98. The van der Waals surface area contributed by atoms with E-state index in [4.69, 9.17) is 18.6 Å². The second-order valence-corrected chi connectivity index (χ2v) is 6.52. The van der Waals surface area contributed by atoms with Gasteiger partial charge in [0, 0.05) is 19.2 Å². The lowest BCUT2D eigenvalue weighted by molar-refractivity contribution is 0.0728. The standard InChI is InChI=1S/C18H17N3O6S/c1-21-10-19-20-18(21)28-9-14-7-15(22)16(8-26-14)27-17(23)11-4-12(24-2)6-13(5-11)25-3/h4-8,10H,9H2,1-3H3. The van der Waals surface area contributed by atoms with Crippen LogP contribution in [-0.4, -0.2) is 35.0 Å². The number of hydrogen-bond donors (Lipinski definition) is 0. The summed E-state index contributed by atoms with van der Waals surface area (Å²) in [4.78, 5) is 24.6. The highest BCUT2D eigenvalue weighted by Crippen LogP contribution is 2.24. The Bertz CT molecular complexity index is 1020. The van der Waals surface area contributed by atoms with Crippen LogP contribution in [0.25, 0.3) is 0 Å². The Morgan fingerprint density at radius 2 is 1.89 bits per heavy atom. The number of benzene rings is 1. The molecule has 9 nitrogen and oxygen atoms in total. The molecule has 3 rings (SSSR count). The molecule has 0 saturated heterocycles. The molecule has 2 aromatic heterocycles. The SMILES string of the molecule is COc1cc(OC)cc(C(=O)Oc2coc(CSc3nncn3C)cc2=O)c1. The van der Waals surface area contributed by atoms with Crippen LogP contribution in [0, 0.1) is 0 Å². The maximum absolute atomic E-state index is 12.4. The van der Waals surface area contributed by atoms with E-state index >= 15 is 0 Å². The third-order valence-corrected chi connectivity index (χ3v) is 4.71. The first-order valence-electron chi connectivity index (χ1n) is 8.04. The monoisotopic (exact) mass is 403 g/mol. The van der Waals surface area contributed by atoms with Crippen LogP contribution in [0.1, 0.15) is 16.1 Å². The summed E-state index contributed by atoms with van der Waals surface area (Å²) < 4.78 is 22.6. The van der Waals surface area contributed by atoms with E-state index in [0.29, 0.717) is 28.2 Å². The molecular weight excluding hydrogens is 386 g/mol. The Balaban J connectivity index is 1.71. The maximum Gasteiger partial charge on any atom is 0.344 e. The van der Waals surface area contributed by atoms with E-state index < -0.39 is 11.4 Å². The number of esters is 1. The van der Waals surface area contributed by atoms with Gasteiger partial charge in [-0.15, -0.1) is 10.2 Å².